The van der Waals surface area contributed by atoms with Gasteiger partial charge in [0.25, 0.3) is 5.91 Å². The molecule has 0 saturated carbocycles. The molecule has 1 amide bonds. The van der Waals surface area contributed by atoms with Gasteiger partial charge in [-0.15, -0.1) is 0 Å². The molecule has 3 aromatic rings. The van der Waals surface area contributed by atoms with Crippen molar-refractivity contribution in [3.05, 3.63) is 96.1 Å². The zero-order chi connectivity index (χ0) is 21.0. The summed E-state index contributed by atoms with van der Waals surface area (Å²) in [6.07, 6.45) is 2.00. The first-order chi connectivity index (χ1) is 14.7. The van der Waals surface area contributed by atoms with Crippen molar-refractivity contribution < 1.29 is 14.3 Å². The van der Waals surface area contributed by atoms with Crippen LogP contribution >= 0.6 is 0 Å². The van der Waals surface area contributed by atoms with Gasteiger partial charge in [0.15, 0.2) is 6.61 Å². The van der Waals surface area contributed by atoms with Gasteiger partial charge in [0.2, 0.25) is 0 Å². The third kappa shape index (κ3) is 6.96. The van der Waals surface area contributed by atoms with Crippen LogP contribution in [0.15, 0.2) is 84.9 Å². The Labute approximate surface area is 179 Å². The van der Waals surface area contributed by atoms with Gasteiger partial charge in [-0.1, -0.05) is 74.0 Å². The van der Waals surface area contributed by atoms with Crippen LogP contribution < -0.4 is 9.47 Å². The van der Waals surface area contributed by atoms with E-state index in [0.717, 1.165) is 36.3 Å². The van der Waals surface area contributed by atoms with E-state index in [1.54, 1.807) is 0 Å². The predicted octanol–water partition coefficient (Wildman–Crippen LogP) is 5.47. The van der Waals surface area contributed by atoms with Crippen molar-refractivity contribution in [3.8, 4) is 11.5 Å². The number of para-hydroxylation sites is 1. The Morgan fingerprint density at radius 1 is 0.767 bits per heavy atom. The summed E-state index contributed by atoms with van der Waals surface area (Å²) in [5.41, 5.74) is 2.21. The summed E-state index contributed by atoms with van der Waals surface area (Å²) in [7, 11) is 0. The number of carbonyl (C=O) groups excluding carboxylic acids is 1. The molecule has 0 aliphatic heterocycles. The summed E-state index contributed by atoms with van der Waals surface area (Å²) >= 11 is 0. The lowest BCUT2D eigenvalue weighted by Gasteiger charge is -2.23. The van der Waals surface area contributed by atoms with Crippen molar-refractivity contribution >= 4 is 5.91 Å². The van der Waals surface area contributed by atoms with Gasteiger partial charge >= 0.3 is 0 Å². The molecule has 0 aliphatic carbocycles. The third-order valence-corrected chi connectivity index (χ3v) is 4.78. The average molecular weight is 404 g/mol. The highest BCUT2D eigenvalue weighted by molar-refractivity contribution is 5.77. The van der Waals surface area contributed by atoms with Crippen molar-refractivity contribution in [1.29, 1.82) is 0 Å². The molecule has 0 aromatic heterocycles. The molecule has 0 unspecified atom stereocenters. The first-order valence-corrected chi connectivity index (χ1v) is 10.5. The van der Waals surface area contributed by atoms with Crippen molar-refractivity contribution in [2.75, 3.05) is 13.2 Å². The molecule has 156 valence electrons. The number of hydrogen-bond donors (Lipinski definition) is 0. The van der Waals surface area contributed by atoms with Crippen LogP contribution in [0.4, 0.5) is 0 Å². The van der Waals surface area contributed by atoms with Gasteiger partial charge in [-0.25, -0.2) is 0 Å². The van der Waals surface area contributed by atoms with E-state index in [9.17, 15) is 4.79 Å². The number of nitrogens with zero attached hydrogens (tertiary/aromatic N) is 1. The van der Waals surface area contributed by atoms with Gasteiger partial charge in [-0.2, -0.15) is 0 Å². The zero-order valence-electron chi connectivity index (χ0n) is 17.5. The summed E-state index contributed by atoms with van der Waals surface area (Å²) < 4.78 is 11.5. The molecule has 0 atom stereocenters. The summed E-state index contributed by atoms with van der Waals surface area (Å²) in [4.78, 5) is 14.6. The highest BCUT2D eigenvalue weighted by Gasteiger charge is 2.14. The minimum absolute atomic E-state index is 0.00305. The fraction of sp³-hybridized carbons (Fsp3) is 0.269. The van der Waals surface area contributed by atoms with Crippen molar-refractivity contribution in [1.82, 2.24) is 4.90 Å². The smallest absolute Gasteiger partial charge is 0.260 e. The standard InChI is InChI=1S/C26H29NO3/c1-2-3-18-27(26(28)21-30-24-12-8-5-9-13-24)19-22-14-16-25(17-15-22)29-20-23-10-6-4-7-11-23/h4-17H,2-3,18-21H2,1H3. The molecule has 0 saturated heterocycles. The van der Waals surface area contributed by atoms with E-state index in [0.29, 0.717) is 18.9 Å². The largest absolute Gasteiger partial charge is 0.489 e. The number of ether oxygens (including phenoxy) is 2. The molecule has 0 spiro atoms. The molecule has 0 radical (unpaired) electrons. The van der Waals surface area contributed by atoms with Gasteiger partial charge < -0.3 is 14.4 Å². The Morgan fingerprint density at radius 3 is 2.07 bits per heavy atom. The van der Waals surface area contributed by atoms with Crippen LogP contribution in [0.3, 0.4) is 0 Å². The van der Waals surface area contributed by atoms with Gasteiger partial charge in [-0.05, 0) is 41.8 Å². The van der Waals surface area contributed by atoms with Crippen LogP contribution in [0.25, 0.3) is 0 Å². The topological polar surface area (TPSA) is 38.8 Å². The first-order valence-electron chi connectivity index (χ1n) is 10.5. The van der Waals surface area contributed by atoms with Crippen molar-refractivity contribution in [2.24, 2.45) is 0 Å². The highest BCUT2D eigenvalue weighted by Crippen LogP contribution is 2.16. The van der Waals surface area contributed by atoms with Crippen molar-refractivity contribution in [3.63, 3.8) is 0 Å². The minimum atomic E-state index is -0.00305. The summed E-state index contributed by atoms with van der Waals surface area (Å²) in [5.74, 6) is 1.53. The first kappa shape index (κ1) is 21.4. The minimum Gasteiger partial charge on any atom is -0.489 e. The Morgan fingerprint density at radius 2 is 1.40 bits per heavy atom. The number of unbranched alkanes of at least 4 members (excludes halogenated alkanes) is 1. The van der Waals surface area contributed by atoms with Gasteiger partial charge in [-0.3, -0.25) is 4.79 Å². The van der Waals surface area contributed by atoms with Crippen LogP contribution in [-0.4, -0.2) is 24.0 Å². The normalized spacial score (nSPS) is 10.4. The zero-order valence-corrected chi connectivity index (χ0v) is 17.5. The fourth-order valence-electron chi connectivity index (χ4n) is 3.05. The third-order valence-electron chi connectivity index (χ3n) is 4.78. The number of carbonyl (C=O) groups is 1. The maximum absolute atomic E-state index is 12.7. The molecule has 0 heterocycles. The van der Waals surface area contributed by atoms with E-state index >= 15 is 0 Å². The van der Waals surface area contributed by atoms with E-state index in [-0.39, 0.29) is 12.5 Å². The number of hydrogen-bond acceptors (Lipinski definition) is 3. The Kier molecular flexibility index (Phi) is 8.34. The SMILES string of the molecule is CCCCN(Cc1ccc(OCc2ccccc2)cc1)C(=O)COc1ccccc1. The summed E-state index contributed by atoms with van der Waals surface area (Å²) in [6, 6.07) is 27.5. The highest BCUT2D eigenvalue weighted by atomic mass is 16.5. The van der Waals surface area contributed by atoms with Crippen LogP contribution in [0.5, 0.6) is 11.5 Å². The monoisotopic (exact) mass is 403 g/mol. The Bertz CT molecular complexity index is 879. The molecule has 0 aliphatic rings. The van der Waals surface area contributed by atoms with Crippen LogP contribution in [0, 0.1) is 0 Å². The average Bonchev–Trinajstić information content (AvgIpc) is 2.81. The molecule has 0 fully saturated rings. The number of benzene rings is 3. The second-order valence-corrected chi connectivity index (χ2v) is 7.19. The molecule has 3 aromatic carbocycles. The van der Waals surface area contributed by atoms with Gasteiger partial charge in [0.1, 0.15) is 18.1 Å². The van der Waals surface area contributed by atoms with Crippen molar-refractivity contribution in [2.45, 2.75) is 32.9 Å². The Balaban J connectivity index is 1.54. The van der Waals surface area contributed by atoms with Crippen LogP contribution in [0.2, 0.25) is 0 Å². The molecule has 0 N–H and O–H groups in total. The molecule has 4 nitrogen and oxygen atoms in total. The van der Waals surface area contributed by atoms with Crippen LogP contribution in [0.1, 0.15) is 30.9 Å². The molecule has 30 heavy (non-hydrogen) atoms. The maximum atomic E-state index is 12.7. The quantitative estimate of drug-likeness (QED) is 0.426. The Hall–Kier alpha value is -3.27. The molecule has 0 bridgehead atoms. The lowest BCUT2D eigenvalue weighted by molar-refractivity contribution is -0.134. The predicted molar refractivity (Wildman–Crippen MR) is 119 cm³/mol. The van der Waals surface area contributed by atoms with E-state index in [2.05, 4.69) is 6.92 Å². The van der Waals surface area contributed by atoms with Gasteiger partial charge in [0, 0.05) is 13.1 Å². The van der Waals surface area contributed by atoms with E-state index in [1.807, 2.05) is 89.8 Å². The van der Waals surface area contributed by atoms with Crippen LogP contribution in [-0.2, 0) is 17.9 Å². The maximum Gasteiger partial charge on any atom is 0.260 e. The van der Waals surface area contributed by atoms with E-state index in [4.69, 9.17) is 9.47 Å². The van der Waals surface area contributed by atoms with E-state index in [1.165, 1.54) is 0 Å². The number of amides is 1. The molecule has 4 heteroatoms. The molecular formula is C26H29NO3. The molecule has 3 rings (SSSR count). The summed E-state index contributed by atoms with van der Waals surface area (Å²) in [6.45, 7) is 4.00. The van der Waals surface area contributed by atoms with Gasteiger partial charge in [0.05, 0.1) is 0 Å². The lowest BCUT2D eigenvalue weighted by Crippen LogP contribution is -2.35. The summed E-state index contributed by atoms with van der Waals surface area (Å²) in [5, 5.41) is 0. The lowest BCUT2D eigenvalue weighted by atomic mass is 10.2. The second kappa shape index (κ2) is 11.7. The molecular weight excluding hydrogens is 374 g/mol. The fourth-order valence-corrected chi connectivity index (χ4v) is 3.05. The second-order valence-electron chi connectivity index (χ2n) is 7.19. The van der Waals surface area contributed by atoms with E-state index < -0.39 is 0 Å². The number of rotatable bonds is 11.